The highest BCUT2D eigenvalue weighted by Crippen LogP contribution is 2.30. The molecule has 0 atom stereocenters. The molecule has 0 saturated carbocycles. The zero-order valence-corrected chi connectivity index (χ0v) is 12.6. The number of carbonyl (C=O) groups is 1. The summed E-state index contributed by atoms with van der Waals surface area (Å²) in [5.41, 5.74) is 2.79. The van der Waals surface area contributed by atoms with E-state index in [0.717, 1.165) is 11.3 Å². The van der Waals surface area contributed by atoms with Gasteiger partial charge in [-0.25, -0.2) is 9.48 Å². The Labute approximate surface area is 132 Å². The van der Waals surface area contributed by atoms with Crippen molar-refractivity contribution in [2.75, 3.05) is 0 Å². The number of carboxylic acid groups (broad SMARTS) is 1. The first kappa shape index (κ1) is 14.4. The monoisotopic (exact) mass is 312 g/mol. The smallest absolute Gasteiger partial charge is 0.339 e. The highest BCUT2D eigenvalue weighted by atomic mass is 35.5. The summed E-state index contributed by atoms with van der Waals surface area (Å²) in [5.74, 6) is -0.996. The predicted molar refractivity (Wildman–Crippen MR) is 85.7 cm³/mol. The molecule has 0 unspecified atom stereocenters. The van der Waals surface area contributed by atoms with Crippen molar-refractivity contribution in [3.8, 4) is 16.9 Å². The molecule has 5 heteroatoms. The van der Waals surface area contributed by atoms with Crippen molar-refractivity contribution in [2.45, 2.75) is 6.92 Å². The van der Waals surface area contributed by atoms with Gasteiger partial charge in [-0.05, 0) is 31.2 Å². The van der Waals surface area contributed by atoms with E-state index in [9.17, 15) is 9.90 Å². The van der Waals surface area contributed by atoms with E-state index in [1.165, 1.54) is 0 Å². The lowest BCUT2D eigenvalue weighted by molar-refractivity contribution is 0.0697. The van der Waals surface area contributed by atoms with Crippen molar-refractivity contribution in [3.05, 3.63) is 70.9 Å². The van der Waals surface area contributed by atoms with E-state index in [4.69, 9.17) is 11.6 Å². The third kappa shape index (κ3) is 2.49. The molecule has 0 aliphatic carbocycles. The molecule has 0 amide bonds. The molecule has 1 heterocycles. The number of nitrogens with zero attached hydrogens (tertiary/aromatic N) is 2. The molecule has 1 N–H and O–H groups in total. The fourth-order valence-corrected chi connectivity index (χ4v) is 2.54. The number of rotatable bonds is 3. The molecular formula is C17H13ClN2O2. The minimum Gasteiger partial charge on any atom is -0.478 e. The lowest BCUT2D eigenvalue weighted by atomic mass is 10.1. The Morgan fingerprint density at radius 2 is 1.73 bits per heavy atom. The van der Waals surface area contributed by atoms with E-state index in [0.29, 0.717) is 16.4 Å². The molecule has 0 radical (unpaired) electrons. The van der Waals surface area contributed by atoms with Crippen molar-refractivity contribution in [2.24, 2.45) is 0 Å². The van der Waals surface area contributed by atoms with Crippen LogP contribution in [0.5, 0.6) is 0 Å². The van der Waals surface area contributed by atoms with Gasteiger partial charge < -0.3 is 5.11 Å². The number of halogens is 1. The molecule has 3 aromatic rings. The molecule has 0 aliphatic heterocycles. The van der Waals surface area contributed by atoms with E-state index in [1.807, 2.05) is 30.3 Å². The van der Waals surface area contributed by atoms with Gasteiger partial charge in [-0.15, -0.1) is 0 Å². The van der Waals surface area contributed by atoms with E-state index in [-0.39, 0.29) is 5.56 Å². The summed E-state index contributed by atoms with van der Waals surface area (Å²) < 4.78 is 1.65. The fraction of sp³-hybridized carbons (Fsp3) is 0.0588. The summed E-state index contributed by atoms with van der Waals surface area (Å²) >= 11 is 5.92. The van der Waals surface area contributed by atoms with Gasteiger partial charge in [0.05, 0.1) is 17.1 Å². The molecule has 1 aromatic heterocycles. The zero-order chi connectivity index (χ0) is 15.7. The van der Waals surface area contributed by atoms with Crippen LogP contribution >= 0.6 is 11.6 Å². The lowest BCUT2D eigenvalue weighted by Crippen LogP contribution is -2.03. The average molecular weight is 313 g/mol. The van der Waals surface area contributed by atoms with Gasteiger partial charge in [-0.1, -0.05) is 41.9 Å². The molecule has 2 aromatic carbocycles. The second kappa shape index (κ2) is 5.66. The number of aryl methyl sites for hydroxylation is 1. The zero-order valence-electron chi connectivity index (χ0n) is 11.8. The first-order valence-corrected chi connectivity index (χ1v) is 7.10. The maximum Gasteiger partial charge on any atom is 0.339 e. The molecule has 4 nitrogen and oxygen atoms in total. The van der Waals surface area contributed by atoms with Crippen LogP contribution in [0.3, 0.4) is 0 Å². The molecule has 22 heavy (non-hydrogen) atoms. The van der Waals surface area contributed by atoms with Crippen LogP contribution in [0.1, 0.15) is 16.1 Å². The Bertz CT molecular complexity index is 824. The van der Waals surface area contributed by atoms with Crippen LogP contribution in [0.25, 0.3) is 16.9 Å². The van der Waals surface area contributed by atoms with Crippen molar-refractivity contribution in [1.29, 1.82) is 0 Å². The van der Waals surface area contributed by atoms with Crippen molar-refractivity contribution < 1.29 is 9.90 Å². The maximum atomic E-state index is 11.6. The van der Waals surface area contributed by atoms with Crippen molar-refractivity contribution >= 4 is 17.6 Å². The van der Waals surface area contributed by atoms with Crippen LogP contribution in [-0.2, 0) is 0 Å². The van der Waals surface area contributed by atoms with Crippen LogP contribution in [0.2, 0.25) is 5.02 Å². The largest absolute Gasteiger partial charge is 0.478 e. The highest BCUT2D eigenvalue weighted by molar-refractivity contribution is 6.30. The SMILES string of the molecule is Cc1nn(-c2ccccc2)c(-c2ccc(Cl)cc2)c1C(=O)O. The molecule has 110 valence electrons. The molecule has 3 rings (SSSR count). The summed E-state index contributed by atoms with van der Waals surface area (Å²) in [6.45, 7) is 1.70. The summed E-state index contributed by atoms with van der Waals surface area (Å²) in [5, 5.41) is 14.5. The lowest BCUT2D eigenvalue weighted by Gasteiger charge is -2.09. The number of carboxylic acids is 1. The Hall–Kier alpha value is -2.59. The summed E-state index contributed by atoms with van der Waals surface area (Å²) in [4.78, 5) is 11.6. The normalized spacial score (nSPS) is 10.6. The standard InChI is InChI=1S/C17H13ClN2O2/c1-11-15(17(21)22)16(12-7-9-13(18)10-8-12)20(19-11)14-5-3-2-4-6-14/h2-10H,1H3,(H,21,22). The van der Waals surface area contributed by atoms with E-state index >= 15 is 0 Å². The van der Waals surface area contributed by atoms with Gasteiger partial charge in [-0.2, -0.15) is 5.10 Å². The van der Waals surface area contributed by atoms with Crippen LogP contribution in [0.15, 0.2) is 54.6 Å². The maximum absolute atomic E-state index is 11.6. The van der Waals surface area contributed by atoms with Crippen LogP contribution in [0.4, 0.5) is 0 Å². The summed E-state index contributed by atoms with van der Waals surface area (Å²) in [6, 6.07) is 16.5. The number of hydrogen-bond donors (Lipinski definition) is 1. The molecule has 0 saturated heterocycles. The van der Waals surface area contributed by atoms with Crippen LogP contribution < -0.4 is 0 Å². The molecular weight excluding hydrogens is 300 g/mol. The Morgan fingerprint density at radius 3 is 2.32 bits per heavy atom. The topological polar surface area (TPSA) is 55.1 Å². The minimum atomic E-state index is -0.996. The first-order valence-electron chi connectivity index (χ1n) is 6.72. The number of aromatic nitrogens is 2. The highest BCUT2D eigenvalue weighted by Gasteiger charge is 2.23. The number of para-hydroxylation sites is 1. The van der Waals surface area contributed by atoms with Gasteiger partial charge in [-0.3, -0.25) is 0 Å². The van der Waals surface area contributed by atoms with E-state index < -0.39 is 5.97 Å². The number of benzene rings is 2. The van der Waals surface area contributed by atoms with Crippen LogP contribution in [0, 0.1) is 6.92 Å². The van der Waals surface area contributed by atoms with Crippen molar-refractivity contribution in [1.82, 2.24) is 9.78 Å². The molecule has 0 fully saturated rings. The number of aromatic carboxylic acids is 1. The fourth-order valence-electron chi connectivity index (χ4n) is 2.41. The second-order valence-electron chi connectivity index (χ2n) is 4.87. The summed E-state index contributed by atoms with van der Waals surface area (Å²) in [7, 11) is 0. The Balaban J connectivity index is 2.30. The first-order chi connectivity index (χ1) is 10.6. The van der Waals surface area contributed by atoms with Gasteiger partial charge in [0.15, 0.2) is 0 Å². The van der Waals surface area contributed by atoms with Gasteiger partial charge in [0.2, 0.25) is 0 Å². The number of hydrogen-bond acceptors (Lipinski definition) is 2. The Morgan fingerprint density at radius 1 is 1.09 bits per heavy atom. The van der Waals surface area contributed by atoms with Gasteiger partial charge in [0, 0.05) is 10.6 Å². The average Bonchev–Trinajstić information content (AvgIpc) is 2.86. The molecule has 0 aliphatic rings. The van der Waals surface area contributed by atoms with Gasteiger partial charge >= 0.3 is 5.97 Å². The van der Waals surface area contributed by atoms with Gasteiger partial charge in [0.1, 0.15) is 5.56 Å². The third-order valence-corrected chi connectivity index (χ3v) is 3.64. The molecule has 0 bridgehead atoms. The van der Waals surface area contributed by atoms with E-state index in [2.05, 4.69) is 5.10 Å². The predicted octanol–water partition coefficient (Wildman–Crippen LogP) is 4.20. The van der Waals surface area contributed by atoms with Crippen LogP contribution in [-0.4, -0.2) is 20.9 Å². The minimum absolute atomic E-state index is 0.200. The summed E-state index contributed by atoms with van der Waals surface area (Å²) in [6.07, 6.45) is 0. The van der Waals surface area contributed by atoms with Crippen molar-refractivity contribution in [3.63, 3.8) is 0 Å². The quantitative estimate of drug-likeness (QED) is 0.788. The molecule has 0 spiro atoms. The van der Waals surface area contributed by atoms with Gasteiger partial charge in [0.25, 0.3) is 0 Å². The Kier molecular flexibility index (Phi) is 3.69. The third-order valence-electron chi connectivity index (χ3n) is 3.39. The van der Waals surface area contributed by atoms with E-state index in [1.54, 1.807) is 35.9 Å². The second-order valence-corrected chi connectivity index (χ2v) is 5.30.